The molecule has 2 aromatic heterocycles. The zero-order valence-corrected chi connectivity index (χ0v) is 13.7. The summed E-state index contributed by atoms with van der Waals surface area (Å²) in [5, 5.41) is 14.2. The van der Waals surface area contributed by atoms with E-state index < -0.39 is 10.8 Å². The third-order valence-corrected chi connectivity index (χ3v) is 4.41. The van der Waals surface area contributed by atoms with Crippen molar-refractivity contribution in [2.45, 2.75) is 13.8 Å². The van der Waals surface area contributed by atoms with Crippen LogP contribution in [0.25, 0.3) is 10.8 Å². The summed E-state index contributed by atoms with van der Waals surface area (Å²) in [4.78, 5) is 27.9. The molecule has 1 amide bonds. The summed E-state index contributed by atoms with van der Waals surface area (Å²) >= 11 is 1.35. The smallest absolute Gasteiger partial charge is 0.275 e. The van der Waals surface area contributed by atoms with Gasteiger partial charge in [-0.1, -0.05) is 6.07 Å². The number of nitro benzene ring substituents is 1. The molecule has 1 N–H and O–H groups in total. The standard InChI is InChI=1S/C16H13N3O4S/c1-9-5-6-11(19(21)22)8-12(9)17-15(20)14-10(2)24-16(18-14)13-4-3-7-23-13/h3-8H,1-2H3,(H,17,20). The average Bonchev–Trinajstić information content (AvgIpc) is 3.18. The van der Waals surface area contributed by atoms with Crippen molar-refractivity contribution in [3.8, 4) is 10.8 Å². The SMILES string of the molecule is Cc1ccc([N+](=O)[O-])cc1NC(=O)c1nc(-c2ccco2)sc1C. The van der Waals surface area contributed by atoms with Gasteiger partial charge in [0.2, 0.25) is 0 Å². The van der Waals surface area contributed by atoms with Crippen LogP contribution in [-0.4, -0.2) is 15.8 Å². The van der Waals surface area contributed by atoms with Crippen LogP contribution >= 0.6 is 11.3 Å². The molecule has 8 heteroatoms. The first kappa shape index (κ1) is 15.9. The van der Waals surface area contributed by atoms with Crippen LogP contribution in [0.2, 0.25) is 0 Å². The van der Waals surface area contributed by atoms with E-state index >= 15 is 0 Å². The van der Waals surface area contributed by atoms with Gasteiger partial charge in [-0.2, -0.15) is 0 Å². The number of aryl methyl sites for hydroxylation is 2. The maximum Gasteiger partial charge on any atom is 0.275 e. The lowest BCUT2D eigenvalue weighted by molar-refractivity contribution is -0.384. The molecule has 0 aliphatic heterocycles. The van der Waals surface area contributed by atoms with Gasteiger partial charge in [-0.3, -0.25) is 14.9 Å². The van der Waals surface area contributed by atoms with E-state index in [0.29, 0.717) is 16.5 Å². The van der Waals surface area contributed by atoms with E-state index in [1.807, 2.05) is 0 Å². The molecule has 0 saturated carbocycles. The second-order valence-electron chi connectivity index (χ2n) is 5.11. The Balaban J connectivity index is 1.88. The number of hydrogen-bond acceptors (Lipinski definition) is 6. The number of aromatic nitrogens is 1. The van der Waals surface area contributed by atoms with Crippen LogP contribution in [0.4, 0.5) is 11.4 Å². The highest BCUT2D eigenvalue weighted by atomic mass is 32.1. The van der Waals surface area contributed by atoms with Gasteiger partial charge in [-0.15, -0.1) is 11.3 Å². The molecular formula is C16H13N3O4S. The first-order valence-electron chi connectivity index (χ1n) is 7.03. The third kappa shape index (κ3) is 3.04. The van der Waals surface area contributed by atoms with Crippen LogP contribution < -0.4 is 5.32 Å². The lowest BCUT2D eigenvalue weighted by Gasteiger charge is -2.07. The van der Waals surface area contributed by atoms with Crippen LogP contribution in [0.1, 0.15) is 20.9 Å². The number of amides is 1. The minimum atomic E-state index is -0.502. The van der Waals surface area contributed by atoms with Crippen molar-refractivity contribution in [2.75, 3.05) is 5.32 Å². The summed E-state index contributed by atoms with van der Waals surface area (Å²) in [6.45, 7) is 3.56. The summed E-state index contributed by atoms with van der Waals surface area (Å²) in [5.41, 5.74) is 1.31. The van der Waals surface area contributed by atoms with Crippen molar-refractivity contribution < 1.29 is 14.1 Å². The molecule has 0 aliphatic carbocycles. The Morgan fingerprint density at radius 3 is 2.79 bits per heavy atom. The number of carbonyl (C=O) groups is 1. The number of non-ortho nitro benzene ring substituents is 1. The summed E-state index contributed by atoms with van der Waals surface area (Å²) in [7, 11) is 0. The molecule has 0 unspecified atom stereocenters. The molecule has 3 rings (SSSR count). The van der Waals surface area contributed by atoms with Crippen molar-refractivity contribution in [2.24, 2.45) is 0 Å². The highest BCUT2D eigenvalue weighted by Gasteiger charge is 2.19. The molecule has 3 aromatic rings. The highest BCUT2D eigenvalue weighted by molar-refractivity contribution is 7.15. The van der Waals surface area contributed by atoms with Gasteiger partial charge in [0.05, 0.1) is 16.9 Å². The number of thiazole rings is 1. The number of nitro groups is 1. The van der Waals surface area contributed by atoms with Crippen LogP contribution in [0.15, 0.2) is 41.0 Å². The van der Waals surface area contributed by atoms with Gasteiger partial charge < -0.3 is 9.73 Å². The minimum absolute atomic E-state index is 0.0813. The van der Waals surface area contributed by atoms with Gasteiger partial charge in [-0.25, -0.2) is 4.98 Å². The van der Waals surface area contributed by atoms with Gasteiger partial charge in [0, 0.05) is 17.0 Å². The molecule has 0 fully saturated rings. The predicted molar refractivity (Wildman–Crippen MR) is 90.3 cm³/mol. The molecule has 0 spiro atoms. The first-order valence-corrected chi connectivity index (χ1v) is 7.85. The summed E-state index contributed by atoms with van der Waals surface area (Å²) in [5.74, 6) is 0.179. The maximum absolute atomic E-state index is 12.5. The van der Waals surface area contributed by atoms with Crippen molar-refractivity contribution in [3.05, 3.63) is 62.8 Å². The van der Waals surface area contributed by atoms with Gasteiger partial charge >= 0.3 is 0 Å². The number of nitrogens with one attached hydrogen (secondary N) is 1. The number of rotatable bonds is 4. The van der Waals surface area contributed by atoms with Crippen molar-refractivity contribution >= 4 is 28.6 Å². The summed E-state index contributed by atoms with van der Waals surface area (Å²) in [6, 6.07) is 7.84. The number of hydrogen-bond donors (Lipinski definition) is 1. The van der Waals surface area contributed by atoms with Crippen molar-refractivity contribution in [3.63, 3.8) is 0 Å². The molecule has 7 nitrogen and oxygen atoms in total. The fourth-order valence-corrected chi connectivity index (χ4v) is 3.03. The Hall–Kier alpha value is -3.00. The maximum atomic E-state index is 12.5. The van der Waals surface area contributed by atoms with Crippen LogP contribution in [-0.2, 0) is 0 Å². The zero-order valence-electron chi connectivity index (χ0n) is 12.9. The Bertz CT molecular complexity index is 916. The van der Waals surface area contributed by atoms with E-state index in [0.717, 1.165) is 10.4 Å². The predicted octanol–water partition coefficient (Wildman–Crippen LogP) is 4.18. The Labute approximate surface area is 141 Å². The average molecular weight is 343 g/mol. The van der Waals surface area contributed by atoms with Gasteiger partial charge in [-0.05, 0) is 31.5 Å². The molecule has 24 heavy (non-hydrogen) atoms. The number of benzene rings is 1. The fourth-order valence-electron chi connectivity index (χ4n) is 2.15. The van der Waals surface area contributed by atoms with E-state index in [2.05, 4.69) is 10.3 Å². The lowest BCUT2D eigenvalue weighted by Crippen LogP contribution is -2.14. The number of nitrogens with zero attached hydrogens (tertiary/aromatic N) is 2. The van der Waals surface area contributed by atoms with Crippen molar-refractivity contribution in [1.82, 2.24) is 4.98 Å². The highest BCUT2D eigenvalue weighted by Crippen LogP contribution is 2.29. The normalized spacial score (nSPS) is 10.6. The topological polar surface area (TPSA) is 98.3 Å². The second-order valence-corrected chi connectivity index (χ2v) is 6.31. The fraction of sp³-hybridized carbons (Fsp3) is 0.125. The summed E-state index contributed by atoms with van der Waals surface area (Å²) in [6.07, 6.45) is 1.54. The first-order chi connectivity index (χ1) is 11.5. The molecule has 0 saturated heterocycles. The van der Waals surface area contributed by atoms with Gasteiger partial charge in [0.1, 0.15) is 5.69 Å². The van der Waals surface area contributed by atoms with E-state index in [9.17, 15) is 14.9 Å². The van der Waals surface area contributed by atoms with Crippen molar-refractivity contribution in [1.29, 1.82) is 0 Å². The van der Waals surface area contributed by atoms with Gasteiger partial charge in [0.25, 0.3) is 11.6 Å². The molecule has 0 radical (unpaired) electrons. The molecule has 2 heterocycles. The lowest BCUT2D eigenvalue weighted by atomic mass is 10.1. The minimum Gasteiger partial charge on any atom is -0.462 e. The largest absolute Gasteiger partial charge is 0.462 e. The molecule has 0 aliphatic rings. The Kier molecular flexibility index (Phi) is 4.13. The van der Waals surface area contributed by atoms with E-state index in [-0.39, 0.29) is 11.4 Å². The van der Waals surface area contributed by atoms with E-state index in [1.54, 1.807) is 32.0 Å². The molecule has 0 atom stereocenters. The van der Waals surface area contributed by atoms with E-state index in [4.69, 9.17) is 4.42 Å². The van der Waals surface area contributed by atoms with Crippen LogP contribution in [0.3, 0.4) is 0 Å². The second kappa shape index (κ2) is 6.25. The third-order valence-electron chi connectivity index (χ3n) is 3.42. The number of furan rings is 1. The Morgan fingerprint density at radius 2 is 2.12 bits per heavy atom. The number of carbonyl (C=O) groups excluding carboxylic acids is 1. The van der Waals surface area contributed by atoms with E-state index in [1.165, 1.54) is 29.7 Å². The van der Waals surface area contributed by atoms with Crippen LogP contribution in [0.5, 0.6) is 0 Å². The molecular weight excluding hydrogens is 330 g/mol. The monoisotopic (exact) mass is 343 g/mol. The molecule has 122 valence electrons. The Morgan fingerprint density at radius 1 is 1.33 bits per heavy atom. The molecule has 1 aromatic carbocycles. The van der Waals surface area contributed by atoms with Gasteiger partial charge in [0.15, 0.2) is 10.8 Å². The molecule has 0 bridgehead atoms. The quantitative estimate of drug-likeness (QED) is 0.566. The van der Waals surface area contributed by atoms with Crippen LogP contribution in [0, 0.1) is 24.0 Å². The summed E-state index contributed by atoms with van der Waals surface area (Å²) < 4.78 is 5.29. The zero-order chi connectivity index (χ0) is 17.3. The number of anilines is 1.